The Labute approximate surface area is 129 Å². The van der Waals surface area contributed by atoms with Crippen molar-refractivity contribution in [1.82, 2.24) is 5.16 Å². The number of benzene rings is 1. The van der Waals surface area contributed by atoms with Crippen molar-refractivity contribution in [1.29, 1.82) is 0 Å². The third-order valence-electron chi connectivity index (χ3n) is 4.25. The summed E-state index contributed by atoms with van der Waals surface area (Å²) in [4.78, 5) is 2.41. The lowest BCUT2D eigenvalue weighted by atomic mass is 10.1. The third kappa shape index (κ3) is 2.50. The molecule has 7 heteroatoms. The number of nitrogens with two attached hydrogens (primary N) is 1. The fraction of sp³-hybridized carbons (Fsp3) is 0.400. The molecule has 6 nitrogen and oxygen atoms in total. The summed E-state index contributed by atoms with van der Waals surface area (Å²) in [6, 6.07) is 5.34. The van der Waals surface area contributed by atoms with Crippen molar-refractivity contribution in [2.75, 3.05) is 4.90 Å². The molecule has 2 heterocycles. The van der Waals surface area contributed by atoms with Crippen molar-refractivity contribution in [3.8, 4) is 0 Å². The largest absolute Gasteiger partial charge is 0.364 e. The molecule has 1 aliphatic heterocycles. The molecule has 0 bridgehead atoms. The first kappa shape index (κ1) is 15.1. The highest BCUT2D eigenvalue weighted by atomic mass is 32.2. The molecule has 2 N–H and O–H groups in total. The topological polar surface area (TPSA) is 89.4 Å². The van der Waals surface area contributed by atoms with Gasteiger partial charge in [0.1, 0.15) is 5.76 Å². The number of aromatic nitrogens is 1. The summed E-state index contributed by atoms with van der Waals surface area (Å²) >= 11 is 0. The van der Waals surface area contributed by atoms with E-state index in [4.69, 9.17) is 9.66 Å². The van der Waals surface area contributed by atoms with Gasteiger partial charge in [0.15, 0.2) is 0 Å². The number of rotatable bonds is 3. The van der Waals surface area contributed by atoms with Gasteiger partial charge in [-0.05, 0) is 51.0 Å². The predicted octanol–water partition coefficient (Wildman–Crippen LogP) is 1.89. The maximum absolute atomic E-state index is 11.5. The summed E-state index contributed by atoms with van der Waals surface area (Å²) in [6.45, 7) is 6.65. The minimum atomic E-state index is -3.67. The Kier molecular flexibility index (Phi) is 3.49. The lowest BCUT2D eigenvalue weighted by molar-refractivity contribution is 0.392. The SMILES string of the molecule is Cc1noc(C)c1CN1c2ccc(S(N)(=O)=O)cc2CC1C. The number of anilines is 1. The van der Waals surface area contributed by atoms with Gasteiger partial charge in [-0.25, -0.2) is 13.6 Å². The van der Waals surface area contributed by atoms with Crippen molar-refractivity contribution in [3.63, 3.8) is 0 Å². The van der Waals surface area contributed by atoms with Gasteiger partial charge in [-0.15, -0.1) is 0 Å². The van der Waals surface area contributed by atoms with Crippen LogP contribution in [-0.4, -0.2) is 19.6 Å². The summed E-state index contributed by atoms with van der Waals surface area (Å²) in [7, 11) is -3.67. The molecule has 0 saturated heterocycles. The molecule has 2 aromatic rings. The molecule has 0 aliphatic carbocycles. The number of aryl methyl sites for hydroxylation is 2. The molecule has 0 amide bonds. The summed E-state index contributed by atoms with van der Waals surface area (Å²) in [5.41, 5.74) is 4.01. The van der Waals surface area contributed by atoms with Gasteiger partial charge in [0, 0.05) is 23.8 Å². The zero-order chi connectivity index (χ0) is 16.1. The van der Waals surface area contributed by atoms with Gasteiger partial charge in [0.2, 0.25) is 10.0 Å². The van der Waals surface area contributed by atoms with E-state index in [2.05, 4.69) is 17.0 Å². The van der Waals surface area contributed by atoms with Crippen LogP contribution in [0, 0.1) is 13.8 Å². The molecule has 0 spiro atoms. The maximum Gasteiger partial charge on any atom is 0.238 e. The Morgan fingerprint density at radius 3 is 2.73 bits per heavy atom. The van der Waals surface area contributed by atoms with Gasteiger partial charge in [-0.1, -0.05) is 5.16 Å². The zero-order valence-corrected chi connectivity index (χ0v) is 13.6. The zero-order valence-electron chi connectivity index (χ0n) is 12.8. The third-order valence-corrected chi connectivity index (χ3v) is 5.16. The van der Waals surface area contributed by atoms with Crippen LogP contribution in [0.3, 0.4) is 0 Å². The van der Waals surface area contributed by atoms with Crippen molar-refractivity contribution in [3.05, 3.63) is 40.8 Å². The number of fused-ring (bicyclic) bond motifs is 1. The van der Waals surface area contributed by atoms with Gasteiger partial charge in [-0.2, -0.15) is 0 Å². The second-order valence-electron chi connectivity index (χ2n) is 5.82. The minimum absolute atomic E-state index is 0.164. The Hall–Kier alpha value is -1.86. The molecule has 1 aromatic carbocycles. The van der Waals surface area contributed by atoms with Crippen LogP contribution in [0.25, 0.3) is 0 Å². The number of nitrogens with zero attached hydrogens (tertiary/aromatic N) is 2. The van der Waals surface area contributed by atoms with Crippen LogP contribution >= 0.6 is 0 Å². The van der Waals surface area contributed by atoms with E-state index in [9.17, 15) is 8.42 Å². The normalized spacial score (nSPS) is 17.8. The molecule has 1 unspecified atom stereocenters. The van der Waals surface area contributed by atoms with Crippen molar-refractivity contribution >= 4 is 15.7 Å². The highest BCUT2D eigenvalue weighted by molar-refractivity contribution is 7.89. The molecule has 0 radical (unpaired) electrons. The van der Waals surface area contributed by atoms with Crippen molar-refractivity contribution < 1.29 is 12.9 Å². The smallest absolute Gasteiger partial charge is 0.238 e. The molecular formula is C15H19N3O3S. The van der Waals surface area contributed by atoms with Crippen molar-refractivity contribution in [2.24, 2.45) is 5.14 Å². The highest BCUT2D eigenvalue weighted by Gasteiger charge is 2.28. The van der Waals surface area contributed by atoms with Crippen LogP contribution in [-0.2, 0) is 23.0 Å². The molecular weight excluding hydrogens is 302 g/mol. The minimum Gasteiger partial charge on any atom is -0.364 e. The molecule has 22 heavy (non-hydrogen) atoms. The lowest BCUT2D eigenvalue weighted by Crippen LogP contribution is -2.29. The van der Waals surface area contributed by atoms with E-state index in [0.717, 1.165) is 34.7 Å². The average molecular weight is 321 g/mol. The van der Waals surface area contributed by atoms with E-state index in [-0.39, 0.29) is 10.9 Å². The monoisotopic (exact) mass is 321 g/mol. The Morgan fingerprint density at radius 1 is 1.41 bits per heavy atom. The van der Waals surface area contributed by atoms with Gasteiger partial charge in [0.05, 0.1) is 10.6 Å². The fourth-order valence-electron chi connectivity index (χ4n) is 2.99. The molecule has 0 fully saturated rings. The van der Waals surface area contributed by atoms with Gasteiger partial charge in [-0.3, -0.25) is 0 Å². The van der Waals surface area contributed by atoms with Gasteiger partial charge in [0.25, 0.3) is 0 Å². The fourth-order valence-corrected chi connectivity index (χ4v) is 3.55. The Bertz CT molecular complexity index is 807. The first-order chi connectivity index (χ1) is 10.3. The quantitative estimate of drug-likeness (QED) is 0.932. The molecule has 1 aromatic heterocycles. The molecule has 3 rings (SSSR count). The van der Waals surface area contributed by atoms with E-state index in [1.807, 2.05) is 19.9 Å². The van der Waals surface area contributed by atoms with E-state index < -0.39 is 10.0 Å². The molecule has 0 saturated carbocycles. The molecule has 1 aliphatic rings. The first-order valence-corrected chi connectivity index (χ1v) is 8.66. The van der Waals surface area contributed by atoms with Crippen LogP contribution in [0.15, 0.2) is 27.6 Å². The van der Waals surface area contributed by atoms with Gasteiger partial charge < -0.3 is 9.42 Å². The second-order valence-corrected chi connectivity index (χ2v) is 7.38. The number of hydrogen-bond donors (Lipinski definition) is 1. The van der Waals surface area contributed by atoms with Crippen LogP contribution < -0.4 is 10.0 Å². The summed E-state index contributed by atoms with van der Waals surface area (Å²) < 4.78 is 28.2. The van der Waals surface area contributed by atoms with Crippen LogP contribution in [0.1, 0.15) is 29.5 Å². The lowest BCUT2D eigenvalue weighted by Gasteiger charge is -2.24. The van der Waals surface area contributed by atoms with Crippen LogP contribution in [0.4, 0.5) is 5.69 Å². The first-order valence-electron chi connectivity index (χ1n) is 7.11. The van der Waals surface area contributed by atoms with E-state index in [0.29, 0.717) is 6.54 Å². The van der Waals surface area contributed by atoms with Gasteiger partial charge >= 0.3 is 0 Å². The Balaban J connectivity index is 1.97. The van der Waals surface area contributed by atoms with E-state index in [1.54, 1.807) is 12.1 Å². The van der Waals surface area contributed by atoms with Crippen molar-refractivity contribution in [2.45, 2.75) is 44.7 Å². The maximum atomic E-state index is 11.5. The highest BCUT2D eigenvalue weighted by Crippen LogP contribution is 2.35. The van der Waals surface area contributed by atoms with E-state index in [1.165, 1.54) is 0 Å². The average Bonchev–Trinajstić information content (AvgIpc) is 2.91. The van der Waals surface area contributed by atoms with Crippen LogP contribution in [0.5, 0.6) is 0 Å². The summed E-state index contributed by atoms with van der Waals surface area (Å²) in [5.74, 6) is 0.819. The standard InChI is InChI=1S/C15H19N3O3S/c1-9-6-12-7-13(22(16,19)20)4-5-15(12)18(9)8-14-10(2)17-21-11(14)3/h4-5,7,9H,6,8H2,1-3H3,(H2,16,19,20). The second kappa shape index (κ2) is 5.10. The Morgan fingerprint density at radius 2 is 2.14 bits per heavy atom. The summed E-state index contributed by atoms with van der Waals surface area (Å²) in [5, 5.41) is 9.20. The number of sulfonamides is 1. The summed E-state index contributed by atoms with van der Waals surface area (Å²) in [6.07, 6.45) is 0.794. The number of hydrogen-bond acceptors (Lipinski definition) is 5. The van der Waals surface area contributed by atoms with E-state index >= 15 is 0 Å². The number of primary sulfonamides is 1. The van der Waals surface area contributed by atoms with Crippen LogP contribution in [0.2, 0.25) is 0 Å². The molecule has 1 atom stereocenters. The predicted molar refractivity (Wildman–Crippen MR) is 83.1 cm³/mol. The molecule has 118 valence electrons.